The summed E-state index contributed by atoms with van der Waals surface area (Å²) in [6.45, 7) is 4.50. The van der Waals surface area contributed by atoms with Crippen molar-refractivity contribution in [2.24, 2.45) is 0 Å². The molecule has 0 aliphatic carbocycles. The first-order valence-corrected chi connectivity index (χ1v) is 13.2. The number of fused-ring (bicyclic) bond motifs is 1. The van der Waals surface area contributed by atoms with Gasteiger partial charge in [-0.15, -0.1) is 0 Å². The molecule has 2 aromatic rings. The van der Waals surface area contributed by atoms with Crippen LogP contribution in [-0.2, 0) is 16.6 Å². The second-order valence-corrected chi connectivity index (χ2v) is 10.2. The van der Waals surface area contributed by atoms with Gasteiger partial charge in [0.1, 0.15) is 5.82 Å². The Bertz CT molecular complexity index is 1140. The molecule has 1 atom stereocenters. The smallest absolute Gasteiger partial charge is 0.257 e. The number of aromatic nitrogens is 1. The normalized spacial score (nSPS) is 21.1. The van der Waals surface area contributed by atoms with E-state index in [0.29, 0.717) is 38.3 Å². The standard InChI is InChI=1S/C18H25FN4O3.C9H9B2N/c1-12(24)22-7-4-13(5-8-22)21-17-9-15(16(19)10-20-17)18(26)23-6-2-3-14(25)11-23;10-9(11)8-4-2-1-3-7(8)5-6-12-9/h9-10,13-14,25H,2-8,11H2,1H3,(H,20,21);1-4,12H,5-6H2. The number of aliphatic hydroxyl groups is 1. The Morgan fingerprint density at radius 2 is 1.89 bits per heavy atom. The zero-order chi connectivity index (χ0) is 27.3. The number of carbonyl (C=O) groups is 2. The van der Waals surface area contributed by atoms with E-state index < -0.39 is 23.2 Å². The molecule has 2 amide bonds. The quantitative estimate of drug-likeness (QED) is 0.535. The summed E-state index contributed by atoms with van der Waals surface area (Å²) in [7, 11) is 11.7. The lowest BCUT2D eigenvalue weighted by Gasteiger charge is -2.35. The number of nitrogens with one attached hydrogen (secondary N) is 2. The molecule has 2 fully saturated rings. The summed E-state index contributed by atoms with van der Waals surface area (Å²) in [5, 5.41) is 15.2. The van der Waals surface area contributed by atoms with Crippen molar-refractivity contribution in [3.05, 3.63) is 59.0 Å². The number of aliphatic hydroxyl groups excluding tert-OH is 1. The first kappa shape index (κ1) is 28.1. The number of hydrogen-bond acceptors (Lipinski definition) is 6. The third kappa shape index (κ3) is 6.94. The van der Waals surface area contributed by atoms with E-state index in [1.807, 2.05) is 18.2 Å². The van der Waals surface area contributed by atoms with Crippen LogP contribution in [0, 0.1) is 5.82 Å². The highest BCUT2D eigenvalue weighted by Gasteiger charge is 2.27. The van der Waals surface area contributed by atoms with Gasteiger partial charge in [0.05, 0.1) is 33.6 Å². The Balaban J connectivity index is 0.000000232. The SMILES string of the molecule is CC(=O)N1CCC(Nc2cc(C(=O)N3CCCC(O)C3)c(F)cn2)CC1.[B]C1([B])NCCc2ccccc21. The van der Waals surface area contributed by atoms with Gasteiger partial charge in [-0.05, 0) is 61.2 Å². The van der Waals surface area contributed by atoms with Gasteiger partial charge >= 0.3 is 0 Å². The molecular formula is C27H34B2FN5O3. The van der Waals surface area contributed by atoms with E-state index in [-0.39, 0.29) is 24.1 Å². The molecule has 4 radical (unpaired) electrons. The molecule has 8 nitrogen and oxygen atoms in total. The van der Waals surface area contributed by atoms with Crippen molar-refractivity contribution in [1.29, 1.82) is 0 Å². The zero-order valence-electron chi connectivity index (χ0n) is 21.8. The number of anilines is 1. The van der Waals surface area contributed by atoms with Crippen LogP contribution in [0.25, 0.3) is 0 Å². The third-order valence-electron chi connectivity index (χ3n) is 7.34. The molecule has 3 N–H and O–H groups in total. The van der Waals surface area contributed by atoms with Crippen molar-refractivity contribution < 1.29 is 19.1 Å². The number of likely N-dealkylation sites (tertiary alicyclic amines) is 2. The second kappa shape index (κ2) is 12.3. The average Bonchev–Trinajstić information content (AvgIpc) is 2.90. The predicted molar refractivity (Wildman–Crippen MR) is 146 cm³/mol. The monoisotopic (exact) mass is 517 g/mol. The topological polar surface area (TPSA) is 97.8 Å². The van der Waals surface area contributed by atoms with Crippen LogP contribution in [0.1, 0.15) is 54.1 Å². The Hall–Kier alpha value is -2.91. The molecule has 2 saturated heterocycles. The summed E-state index contributed by atoms with van der Waals surface area (Å²) < 4.78 is 14.1. The van der Waals surface area contributed by atoms with Crippen molar-refractivity contribution in [2.45, 2.75) is 56.5 Å². The van der Waals surface area contributed by atoms with Crippen LogP contribution in [0.5, 0.6) is 0 Å². The molecule has 1 aromatic heterocycles. The molecular weight excluding hydrogens is 483 g/mol. The lowest BCUT2D eigenvalue weighted by molar-refractivity contribution is -0.129. The fourth-order valence-corrected chi connectivity index (χ4v) is 5.18. The van der Waals surface area contributed by atoms with E-state index in [9.17, 15) is 19.1 Å². The summed E-state index contributed by atoms with van der Waals surface area (Å²) >= 11 is 0. The van der Waals surface area contributed by atoms with Crippen molar-refractivity contribution in [2.75, 3.05) is 38.0 Å². The van der Waals surface area contributed by atoms with Gasteiger partial charge in [-0.1, -0.05) is 24.3 Å². The summed E-state index contributed by atoms with van der Waals surface area (Å²) in [6, 6.07) is 9.59. The van der Waals surface area contributed by atoms with Gasteiger partial charge in [0.2, 0.25) is 5.91 Å². The largest absolute Gasteiger partial charge is 0.391 e. The summed E-state index contributed by atoms with van der Waals surface area (Å²) in [6.07, 6.45) is 4.43. The Morgan fingerprint density at radius 3 is 2.58 bits per heavy atom. The number of halogens is 1. The Kier molecular flexibility index (Phi) is 9.10. The van der Waals surface area contributed by atoms with Crippen molar-refractivity contribution >= 4 is 33.3 Å². The van der Waals surface area contributed by atoms with Gasteiger partial charge < -0.3 is 25.5 Å². The van der Waals surface area contributed by atoms with Crippen LogP contribution >= 0.6 is 0 Å². The lowest BCUT2D eigenvalue weighted by atomic mass is 9.56. The van der Waals surface area contributed by atoms with E-state index in [4.69, 9.17) is 15.7 Å². The average molecular weight is 517 g/mol. The molecule has 0 bridgehead atoms. The van der Waals surface area contributed by atoms with E-state index in [2.05, 4.69) is 21.7 Å². The molecule has 198 valence electrons. The number of hydrogen-bond donors (Lipinski definition) is 3. The Morgan fingerprint density at radius 1 is 1.16 bits per heavy atom. The highest BCUT2D eigenvalue weighted by molar-refractivity contribution is 6.40. The maximum atomic E-state index is 14.1. The number of β-amino-alcohol motifs (C(OH)–C–C–N with tert-alkyl or cyclic N) is 1. The van der Waals surface area contributed by atoms with Crippen molar-refractivity contribution in [3.8, 4) is 0 Å². The molecule has 3 aliphatic rings. The van der Waals surface area contributed by atoms with Crippen LogP contribution < -0.4 is 10.6 Å². The second-order valence-electron chi connectivity index (χ2n) is 10.2. The van der Waals surface area contributed by atoms with E-state index in [0.717, 1.165) is 37.6 Å². The molecule has 38 heavy (non-hydrogen) atoms. The minimum Gasteiger partial charge on any atom is -0.391 e. The van der Waals surface area contributed by atoms with Crippen LogP contribution in [0.4, 0.5) is 10.2 Å². The number of pyridine rings is 1. The van der Waals surface area contributed by atoms with Gasteiger partial charge in [0.15, 0.2) is 5.82 Å². The Labute approximate surface area is 226 Å². The van der Waals surface area contributed by atoms with E-state index >= 15 is 0 Å². The molecule has 0 saturated carbocycles. The number of amides is 2. The number of rotatable bonds is 3. The number of piperidine rings is 2. The van der Waals surface area contributed by atoms with Gasteiger partial charge in [0.25, 0.3) is 5.91 Å². The fourth-order valence-electron chi connectivity index (χ4n) is 5.18. The van der Waals surface area contributed by atoms with Crippen LogP contribution in [-0.4, -0.2) is 92.3 Å². The highest BCUT2D eigenvalue weighted by atomic mass is 19.1. The number of benzene rings is 1. The first-order chi connectivity index (χ1) is 18.1. The van der Waals surface area contributed by atoms with E-state index in [1.165, 1.54) is 16.5 Å². The van der Waals surface area contributed by atoms with Crippen LogP contribution in [0.3, 0.4) is 0 Å². The van der Waals surface area contributed by atoms with Gasteiger partial charge in [-0.2, -0.15) is 0 Å². The summed E-state index contributed by atoms with van der Waals surface area (Å²) in [5.74, 6) is -0.557. The molecule has 3 aliphatic heterocycles. The maximum Gasteiger partial charge on any atom is 0.257 e. The zero-order valence-corrected chi connectivity index (χ0v) is 21.8. The minimum atomic E-state index is -0.838. The minimum absolute atomic E-state index is 0.0298. The maximum absolute atomic E-state index is 14.1. The van der Waals surface area contributed by atoms with Gasteiger partial charge in [-0.3, -0.25) is 9.59 Å². The van der Waals surface area contributed by atoms with Crippen LogP contribution in [0.2, 0.25) is 0 Å². The molecule has 0 spiro atoms. The number of nitrogens with zero attached hydrogens (tertiary/aromatic N) is 3. The van der Waals surface area contributed by atoms with Gasteiger partial charge in [-0.25, -0.2) is 9.37 Å². The molecule has 5 rings (SSSR count). The molecule has 4 heterocycles. The number of carbonyl (C=O) groups excluding carboxylic acids is 2. The van der Waals surface area contributed by atoms with Crippen LogP contribution in [0.15, 0.2) is 36.5 Å². The highest BCUT2D eigenvalue weighted by Crippen LogP contribution is 2.23. The first-order valence-electron chi connectivity index (χ1n) is 13.2. The summed E-state index contributed by atoms with van der Waals surface area (Å²) in [4.78, 5) is 31.3. The van der Waals surface area contributed by atoms with Crippen molar-refractivity contribution in [3.63, 3.8) is 0 Å². The molecule has 1 unspecified atom stereocenters. The fraction of sp³-hybridized carbons (Fsp3) is 0.519. The molecule has 1 aromatic carbocycles. The third-order valence-corrected chi connectivity index (χ3v) is 7.34. The molecule has 11 heteroatoms. The van der Waals surface area contributed by atoms with E-state index in [1.54, 1.807) is 11.8 Å². The van der Waals surface area contributed by atoms with Gasteiger partial charge in [0, 0.05) is 39.1 Å². The predicted octanol–water partition coefficient (Wildman–Crippen LogP) is 1.52. The summed E-state index contributed by atoms with van der Waals surface area (Å²) in [5.41, 5.74) is 2.23. The van der Waals surface area contributed by atoms with Crippen molar-refractivity contribution in [1.82, 2.24) is 20.1 Å². The lowest BCUT2D eigenvalue weighted by Crippen LogP contribution is -2.48.